The molecule has 1 aliphatic rings. The number of halogens is 1. The highest BCUT2D eigenvalue weighted by Gasteiger charge is 2.23. The van der Waals surface area contributed by atoms with Gasteiger partial charge in [-0.2, -0.15) is 11.8 Å². The van der Waals surface area contributed by atoms with E-state index in [2.05, 4.69) is 10.6 Å². The molecule has 0 bridgehead atoms. The number of urea groups is 1. The Hall–Kier alpha value is -1.40. The van der Waals surface area contributed by atoms with Gasteiger partial charge in [0.05, 0.1) is 0 Å². The van der Waals surface area contributed by atoms with E-state index in [1.807, 2.05) is 36.0 Å². The molecule has 1 fully saturated rings. The monoisotopic (exact) mass is 383 g/mol. The molecule has 0 unspecified atom stereocenters. The number of hydrogen-bond donors (Lipinski definition) is 2. The van der Waals surface area contributed by atoms with Crippen molar-refractivity contribution in [2.45, 2.75) is 38.0 Å². The van der Waals surface area contributed by atoms with Crippen LogP contribution in [0.25, 0.3) is 0 Å². The maximum absolute atomic E-state index is 12.2. The first-order chi connectivity index (χ1) is 12.1. The third-order valence-corrected chi connectivity index (χ3v) is 5.53. The summed E-state index contributed by atoms with van der Waals surface area (Å²) in [6.45, 7) is 3.52. The van der Waals surface area contributed by atoms with Gasteiger partial charge in [-0.25, -0.2) is 4.79 Å². The number of carbonyl (C=O) groups is 2. The summed E-state index contributed by atoms with van der Waals surface area (Å²) < 4.78 is 0. The van der Waals surface area contributed by atoms with Crippen molar-refractivity contribution in [3.05, 3.63) is 34.9 Å². The quantitative estimate of drug-likeness (QED) is 0.710. The molecular formula is C18H26ClN3O2S. The maximum atomic E-state index is 12.2. The molecule has 0 aliphatic carbocycles. The van der Waals surface area contributed by atoms with Crippen LogP contribution in [0, 0.1) is 0 Å². The first-order valence-electron chi connectivity index (χ1n) is 8.67. The van der Waals surface area contributed by atoms with E-state index in [4.69, 9.17) is 11.6 Å². The summed E-state index contributed by atoms with van der Waals surface area (Å²) in [5.41, 5.74) is 1.15. The van der Waals surface area contributed by atoms with Crippen molar-refractivity contribution in [2.75, 3.05) is 25.4 Å². The van der Waals surface area contributed by atoms with Crippen LogP contribution in [0.2, 0.25) is 5.02 Å². The SMILES string of the molecule is CC(=O)N[C@@H]1CCCN(C(=O)NCCCSCc2ccccc2Cl)C1. The van der Waals surface area contributed by atoms with Crippen molar-refractivity contribution < 1.29 is 9.59 Å². The molecule has 25 heavy (non-hydrogen) atoms. The molecule has 7 heteroatoms. The Labute approximate surface area is 158 Å². The summed E-state index contributed by atoms with van der Waals surface area (Å²) in [7, 11) is 0. The lowest BCUT2D eigenvalue weighted by Crippen LogP contribution is -2.52. The second-order valence-corrected chi connectivity index (χ2v) is 7.73. The molecule has 0 aromatic heterocycles. The first-order valence-corrected chi connectivity index (χ1v) is 10.2. The van der Waals surface area contributed by atoms with Crippen LogP contribution in [0.5, 0.6) is 0 Å². The summed E-state index contributed by atoms with van der Waals surface area (Å²) in [6.07, 6.45) is 2.78. The van der Waals surface area contributed by atoms with Crippen LogP contribution in [0.15, 0.2) is 24.3 Å². The zero-order chi connectivity index (χ0) is 18.1. The van der Waals surface area contributed by atoms with Gasteiger partial charge in [-0.05, 0) is 36.6 Å². The highest BCUT2D eigenvalue weighted by Crippen LogP contribution is 2.20. The Morgan fingerprint density at radius 2 is 2.16 bits per heavy atom. The van der Waals surface area contributed by atoms with Gasteiger partial charge in [0, 0.05) is 43.4 Å². The predicted molar refractivity (Wildman–Crippen MR) is 104 cm³/mol. The summed E-state index contributed by atoms with van der Waals surface area (Å²) in [5, 5.41) is 6.67. The van der Waals surface area contributed by atoms with Crippen LogP contribution in [0.3, 0.4) is 0 Å². The van der Waals surface area contributed by atoms with Gasteiger partial charge in [-0.15, -0.1) is 0 Å². The second-order valence-electron chi connectivity index (χ2n) is 6.22. The largest absolute Gasteiger partial charge is 0.352 e. The van der Waals surface area contributed by atoms with E-state index in [1.165, 1.54) is 6.92 Å². The molecule has 138 valence electrons. The van der Waals surface area contributed by atoms with Crippen molar-refractivity contribution in [1.29, 1.82) is 0 Å². The minimum Gasteiger partial charge on any atom is -0.352 e. The molecule has 1 saturated heterocycles. The fraction of sp³-hybridized carbons (Fsp3) is 0.556. The average Bonchev–Trinajstić information content (AvgIpc) is 2.59. The zero-order valence-corrected chi connectivity index (χ0v) is 16.2. The third-order valence-electron chi connectivity index (χ3n) is 4.07. The fourth-order valence-electron chi connectivity index (χ4n) is 2.85. The molecule has 3 amide bonds. The van der Waals surface area contributed by atoms with Gasteiger partial charge < -0.3 is 15.5 Å². The Bertz CT molecular complexity index is 585. The molecule has 1 heterocycles. The van der Waals surface area contributed by atoms with Crippen molar-refractivity contribution >= 4 is 35.3 Å². The number of nitrogens with zero attached hydrogens (tertiary/aromatic N) is 1. The lowest BCUT2D eigenvalue weighted by Gasteiger charge is -2.33. The first kappa shape index (κ1) is 19.9. The number of nitrogens with one attached hydrogen (secondary N) is 2. The zero-order valence-electron chi connectivity index (χ0n) is 14.6. The molecule has 2 N–H and O–H groups in total. The highest BCUT2D eigenvalue weighted by molar-refractivity contribution is 7.98. The van der Waals surface area contributed by atoms with Gasteiger partial charge in [0.15, 0.2) is 0 Å². The van der Waals surface area contributed by atoms with Crippen molar-refractivity contribution in [1.82, 2.24) is 15.5 Å². The number of carbonyl (C=O) groups excluding carboxylic acids is 2. The van der Waals surface area contributed by atoms with Crippen LogP contribution in [0.4, 0.5) is 4.79 Å². The number of likely N-dealkylation sites (tertiary alicyclic amines) is 1. The minimum absolute atomic E-state index is 0.0360. The summed E-state index contributed by atoms with van der Waals surface area (Å²) in [6, 6.07) is 7.91. The maximum Gasteiger partial charge on any atom is 0.317 e. The van der Waals surface area contributed by atoms with Gasteiger partial charge in [0.1, 0.15) is 0 Å². The third kappa shape index (κ3) is 7.16. The Morgan fingerprint density at radius 1 is 1.36 bits per heavy atom. The smallest absolute Gasteiger partial charge is 0.317 e. The van der Waals surface area contributed by atoms with Crippen LogP contribution in [-0.4, -0.2) is 48.3 Å². The van der Waals surface area contributed by atoms with Crippen molar-refractivity contribution in [2.24, 2.45) is 0 Å². The van der Waals surface area contributed by atoms with E-state index in [0.717, 1.165) is 47.9 Å². The molecule has 0 spiro atoms. The van der Waals surface area contributed by atoms with Gasteiger partial charge in [-0.3, -0.25) is 4.79 Å². The van der Waals surface area contributed by atoms with Crippen LogP contribution in [0.1, 0.15) is 31.7 Å². The molecule has 2 rings (SSSR count). The second kappa shape index (κ2) is 10.6. The number of rotatable bonds is 7. The summed E-state index contributed by atoms with van der Waals surface area (Å²) in [4.78, 5) is 25.1. The highest BCUT2D eigenvalue weighted by atomic mass is 35.5. The van der Waals surface area contributed by atoms with E-state index in [9.17, 15) is 9.59 Å². The molecule has 1 aromatic rings. The average molecular weight is 384 g/mol. The molecule has 1 aromatic carbocycles. The van der Waals surface area contributed by atoms with E-state index in [0.29, 0.717) is 13.1 Å². The number of hydrogen-bond acceptors (Lipinski definition) is 3. The normalized spacial score (nSPS) is 17.2. The van der Waals surface area contributed by atoms with E-state index < -0.39 is 0 Å². The number of benzene rings is 1. The van der Waals surface area contributed by atoms with Crippen LogP contribution < -0.4 is 10.6 Å². The van der Waals surface area contributed by atoms with Crippen LogP contribution >= 0.6 is 23.4 Å². The van der Waals surface area contributed by atoms with Crippen LogP contribution in [-0.2, 0) is 10.5 Å². The number of piperidine rings is 1. The van der Waals surface area contributed by atoms with Gasteiger partial charge in [-0.1, -0.05) is 29.8 Å². The lowest BCUT2D eigenvalue weighted by atomic mass is 10.1. The van der Waals surface area contributed by atoms with Gasteiger partial charge in [0.2, 0.25) is 5.91 Å². The molecule has 1 atom stereocenters. The van der Waals surface area contributed by atoms with Gasteiger partial charge in [0.25, 0.3) is 0 Å². The molecule has 0 saturated carbocycles. The number of amides is 3. The van der Waals surface area contributed by atoms with E-state index in [1.54, 1.807) is 4.90 Å². The molecule has 0 radical (unpaired) electrons. The Kier molecular flexibility index (Phi) is 8.41. The van der Waals surface area contributed by atoms with Crippen molar-refractivity contribution in [3.8, 4) is 0 Å². The molecule has 1 aliphatic heterocycles. The minimum atomic E-state index is -0.0391. The Morgan fingerprint density at radius 3 is 2.92 bits per heavy atom. The number of thioether (sulfide) groups is 1. The lowest BCUT2D eigenvalue weighted by molar-refractivity contribution is -0.119. The fourth-order valence-corrected chi connectivity index (χ4v) is 4.09. The molecule has 5 nitrogen and oxygen atoms in total. The van der Waals surface area contributed by atoms with Crippen molar-refractivity contribution in [3.63, 3.8) is 0 Å². The van der Waals surface area contributed by atoms with E-state index in [-0.39, 0.29) is 18.0 Å². The standard InChI is InChI=1S/C18H26ClN3O2S/c1-14(23)21-16-7-4-10-22(12-16)18(24)20-9-5-11-25-13-15-6-2-3-8-17(15)19/h2-3,6,8,16H,4-5,7,9-13H2,1H3,(H,20,24)(H,21,23)/t16-/m1/s1. The predicted octanol–water partition coefficient (Wildman–Crippen LogP) is 3.27. The van der Waals surface area contributed by atoms with Gasteiger partial charge >= 0.3 is 6.03 Å². The Balaban J connectivity index is 1.59. The summed E-state index contributed by atoms with van der Waals surface area (Å²) in [5.74, 6) is 1.82. The summed E-state index contributed by atoms with van der Waals surface area (Å²) >= 11 is 7.95. The topological polar surface area (TPSA) is 61.4 Å². The van der Waals surface area contributed by atoms with E-state index >= 15 is 0 Å². The molecular weight excluding hydrogens is 358 g/mol.